The number of nitrogens with one attached hydrogen (secondary N) is 1. The third kappa shape index (κ3) is 5.04. The molecule has 0 aromatic heterocycles. The molecule has 0 saturated carbocycles. The molecule has 0 fully saturated rings. The zero-order chi connectivity index (χ0) is 19.2. The van der Waals surface area contributed by atoms with Crippen LogP contribution >= 0.6 is 0 Å². The molecule has 0 spiro atoms. The molecule has 0 aliphatic carbocycles. The Morgan fingerprint density at radius 3 is 2.00 bits per heavy atom. The Bertz CT molecular complexity index is 690. The van der Waals surface area contributed by atoms with E-state index in [0.717, 1.165) is 11.1 Å². The molecule has 0 heterocycles. The summed E-state index contributed by atoms with van der Waals surface area (Å²) in [6.07, 6.45) is 0.701. The first-order valence-electron chi connectivity index (χ1n) is 9.47. The molecule has 0 radical (unpaired) electrons. The Kier molecular flexibility index (Phi) is 7.15. The lowest BCUT2D eigenvalue weighted by Crippen LogP contribution is -2.37. The van der Waals surface area contributed by atoms with E-state index in [9.17, 15) is 4.79 Å². The molecule has 2 rings (SSSR count). The van der Waals surface area contributed by atoms with Crippen LogP contribution in [0.25, 0.3) is 11.1 Å². The van der Waals surface area contributed by atoms with Crippen molar-refractivity contribution in [3.05, 3.63) is 60.2 Å². The van der Waals surface area contributed by atoms with Crippen molar-refractivity contribution in [3.63, 3.8) is 0 Å². The number of amides is 1. The normalized spacial score (nSPS) is 11.8. The lowest BCUT2D eigenvalue weighted by Gasteiger charge is -2.30. The molecule has 1 amide bonds. The highest BCUT2D eigenvalue weighted by atomic mass is 28.4. The molecule has 0 unspecified atom stereocenters. The molecule has 140 valence electrons. The fraction of sp³-hybridized carbons (Fsp3) is 0.409. The molecule has 0 aliphatic heterocycles. The van der Waals surface area contributed by atoms with Crippen LogP contribution in [0.3, 0.4) is 0 Å². The van der Waals surface area contributed by atoms with Crippen molar-refractivity contribution < 1.29 is 8.90 Å². The lowest BCUT2D eigenvalue weighted by molar-refractivity contribution is 0.0953. The Morgan fingerprint density at radius 1 is 0.923 bits per heavy atom. The fourth-order valence-electron chi connectivity index (χ4n) is 3.35. The number of carbonyl (C=O) groups is 1. The quantitative estimate of drug-likeness (QED) is 0.334. The highest BCUT2D eigenvalue weighted by Gasteiger charge is 2.40. The zero-order valence-corrected chi connectivity index (χ0v) is 17.3. The second kappa shape index (κ2) is 9.13. The molecule has 26 heavy (non-hydrogen) atoms. The lowest BCUT2D eigenvalue weighted by atomic mass is 10.0. The standard InChI is InChI=1S/C22H30FNOSi/c1-17(2)26(23,18(3)4)16-8-15-24-22(25)21-13-11-20(12-14-21)19-9-6-5-7-10-19/h5-7,9-14,17-18H,8,15-16H2,1-4H3,(H,24,25)/i23-1. The highest BCUT2D eigenvalue weighted by Crippen LogP contribution is 2.37. The summed E-state index contributed by atoms with van der Waals surface area (Å²) in [5.41, 5.74) is 3.09. The van der Waals surface area contributed by atoms with Crippen LogP contribution in [-0.2, 0) is 0 Å². The van der Waals surface area contributed by atoms with Crippen LogP contribution in [0.4, 0.5) is 4.11 Å². The number of benzene rings is 2. The van der Waals surface area contributed by atoms with Crippen molar-refractivity contribution in [2.75, 3.05) is 6.54 Å². The molecule has 1 N–H and O–H groups in total. The van der Waals surface area contributed by atoms with Crippen LogP contribution in [0.1, 0.15) is 44.5 Å². The van der Waals surface area contributed by atoms with Gasteiger partial charge in [-0.05, 0) is 46.8 Å². The van der Waals surface area contributed by atoms with Gasteiger partial charge in [-0.15, -0.1) is 0 Å². The first-order valence-corrected chi connectivity index (χ1v) is 11.7. The molecule has 0 saturated heterocycles. The van der Waals surface area contributed by atoms with Gasteiger partial charge in [-0.25, -0.2) is 0 Å². The van der Waals surface area contributed by atoms with Crippen molar-refractivity contribution in [3.8, 4) is 11.1 Å². The Hall–Kier alpha value is -1.94. The molecular weight excluding hydrogens is 340 g/mol. The Labute approximate surface area is 158 Å². The van der Waals surface area contributed by atoms with Gasteiger partial charge in [0.15, 0.2) is 0 Å². The summed E-state index contributed by atoms with van der Waals surface area (Å²) in [6.45, 7) is 8.47. The van der Waals surface area contributed by atoms with Gasteiger partial charge in [0.1, 0.15) is 0 Å². The van der Waals surface area contributed by atoms with Gasteiger partial charge in [0.2, 0.25) is 0 Å². The summed E-state index contributed by atoms with van der Waals surface area (Å²) in [4.78, 5) is 12.3. The molecule has 2 nitrogen and oxygen atoms in total. The smallest absolute Gasteiger partial charge is 0.252 e. The first-order chi connectivity index (χ1) is 12.3. The minimum Gasteiger partial charge on any atom is -0.352 e. The number of hydrogen-bond donors (Lipinski definition) is 1. The van der Waals surface area contributed by atoms with E-state index in [1.54, 1.807) is 0 Å². The molecule has 0 aliphatic rings. The molecule has 0 atom stereocenters. The van der Waals surface area contributed by atoms with E-state index in [1.165, 1.54) is 0 Å². The van der Waals surface area contributed by atoms with E-state index >= 15 is 4.11 Å². The largest absolute Gasteiger partial charge is 0.352 e. The number of hydrogen-bond acceptors (Lipinski definition) is 1. The van der Waals surface area contributed by atoms with Crippen LogP contribution in [0.2, 0.25) is 17.1 Å². The van der Waals surface area contributed by atoms with Crippen LogP contribution in [0.15, 0.2) is 54.6 Å². The summed E-state index contributed by atoms with van der Waals surface area (Å²) in [7, 11) is -2.75. The maximum absolute atomic E-state index is 15.1. The number of carbonyl (C=O) groups excluding carboxylic acids is 1. The monoisotopic (exact) mass is 370 g/mol. The summed E-state index contributed by atoms with van der Waals surface area (Å²) >= 11 is 0. The molecule has 2 aromatic carbocycles. The average molecular weight is 371 g/mol. The summed E-state index contributed by atoms with van der Waals surface area (Å²) in [6, 6.07) is 18.3. The van der Waals surface area contributed by atoms with E-state index in [-0.39, 0.29) is 17.0 Å². The average Bonchev–Trinajstić information content (AvgIpc) is 2.65. The van der Waals surface area contributed by atoms with Gasteiger partial charge in [0.05, 0.1) is 0 Å². The Morgan fingerprint density at radius 2 is 1.46 bits per heavy atom. The summed E-state index contributed by atoms with van der Waals surface area (Å²) in [5.74, 6) is -0.0927. The molecule has 4 heteroatoms. The Balaban J connectivity index is 1.87. The van der Waals surface area contributed by atoms with E-state index < -0.39 is 8.41 Å². The minimum absolute atomic E-state index is 0.0927. The van der Waals surface area contributed by atoms with Gasteiger partial charge in [-0.2, -0.15) is 0 Å². The van der Waals surface area contributed by atoms with Crippen molar-refractivity contribution in [1.82, 2.24) is 5.32 Å². The second-order valence-electron chi connectivity index (χ2n) is 7.54. The van der Waals surface area contributed by atoms with E-state index in [1.807, 2.05) is 82.3 Å². The molecule has 2 aromatic rings. The summed E-state index contributed by atoms with van der Waals surface area (Å²) in [5, 5.41) is 2.93. The molecule has 0 bridgehead atoms. The van der Waals surface area contributed by atoms with Gasteiger partial charge in [-0.3, -0.25) is 4.79 Å². The van der Waals surface area contributed by atoms with Crippen LogP contribution in [-0.4, -0.2) is 20.9 Å². The minimum atomic E-state index is -2.75. The van der Waals surface area contributed by atoms with Crippen molar-refractivity contribution in [1.29, 1.82) is 0 Å². The predicted octanol–water partition coefficient (Wildman–Crippen LogP) is 6.21. The van der Waals surface area contributed by atoms with Crippen molar-refractivity contribution >= 4 is 14.3 Å². The predicted molar refractivity (Wildman–Crippen MR) is 111 cm³/mol. The summed E-state index contributed by atoms with van der Waals surface area (Å²) < 4.78 is 15.1. The van der Waals surface area contributed by atoms with Crippen molar-refractivity contribution in [2.45, 2.75) is 51.2 Å². The third-order valence-corrected chi connectivity index (χ3v) is 10.2. The van der Waals surface area contributed by atoms with Gasteiger partial charge < -0.3 is 9.42 Å². The maximum atomic E-state index is 15.1. The topological polar surface area (TPSA) is 29.1 Å². The number of rotatable bonds is 8. The fourth-order valence-corrected chi connectivity index (χ4v) is 6.56. The maximum Gasteiger partial charge on any atom is 0.252 e. The van der Waals surface area contributed by atoms with Crippen molar-refractivity contribution in [2.24, 2.45) is 0 Å². The second-order valence-corrected chi connectivity index (χ2v) is 12.2. The number of halogens is 1. The van der Waals surface area contributed by atoms with Gasteiger partial charge in [0.25, 0.3) is 14.3 Å². The van der Waals surface area contributed by atoms with E-state index in [4.69, 9.17) is 0 Å². The van der Waals surface area contributed by atoms with Crippen LogP contribution < -0.4 is 5.32 Å². The van der Waals surface area contributed by atoms with Gasteiger partial charge >= 0.3 is 0 Å². The van der Waals surface area contributed by atoms with Crippen LogP contribution in [0, 0.1) is 0 Å². The van der Waals surface area contributed by atoms with E-state index in [2.05, 4.69) is 5.32 Å². The molecular formula is C22H30FNOSi. The first kappa shape index (κ1) is 20.4. The zero-order valence-electron chi connectivity index (χ0n) is 16.3. The van der Waals surface area contributed by atoms with E-state index in [0.29, 0.717) is 24.6 Å². The third-order valence-electron chi connectivity index (χ3n) is 5.20. The SMILES string of the molecule is CC(C)[Si]([18F])(CCCNC(=O)c1ccc(-c2ccccc2)cc1)C(C)C. The highest BCUT2D eigenvalue weighted by molar-refractivity contribution is 6.75. The van der Waals surface area contributed by atoms with Gasteiger partial charge in [-0.1, -0.05) is 70.2 Å². The van der Waals surface area contributed by atoms with Gasteiger partial charge in [0, 0.05) is 12.1 Å². The van der Waals surface area contributed by atoms with Crippen LogP contribution in [0.5, 0.6) is 0 Å².